The molecule has 0 aromatic heterocycles. The average molecular weight is 336 g/mol. The third-order valence-electron chi connectivity index (χ3n) is 0. The summed E-state index contributed by atoms with van der Waals surface area (Å²) < 4.78 is 0. The predicted octanol–water partition coefficient (Wildman–Crippen LogP) is 1.24. The Morgan fingerprint density at radius 1 is 1.00 bits per heavy atom. The Kier molecular flexibility index (Phi) is 14.7. The standard InChI is InChI=1S/3BrH.Ga.Mg.2H/h3*1H;;;;/q;;;+3;;;/p-3. The number of rotatable bonds is 0. The summed E-state index contributed by atoms with van der Waals surface area (Å²) >= 11 is 9.88. The predicted molar refractivity (Wildman–Crippen MR) is 41.1 cm³/mol. The fourth-order valence-corrected chi connectivity index (χ4v) is 0. The van der Waals surface area contributed by atoms with Gasteiger partial charge in [0.05, 0.1) is 0 Å². The molecule has 0 aliphatic rings. The number of hydrogen-bond acceptors (Lipinski definition) is 0. The van der Waals surface area contributed by atoms with E-state index in [1.807, 2.05) is 0 Å². The molecule has 28 valence electrons. The van der Waals surface area contributed by atoms with Gasteiger partial charge in [-0.1, -0.05) is 0 Å². The van der Waals surface area contributed by atoms with Gasteiger partial charge in [-0.3, -0.25) is 0 Å². The Bertz CT molecular complexity index is 11.6. The first-order chi connectivity index (χ1) is 1.73. The van der Waals surface area contributed by atoms with Crippen LogP contribution in [0.2, 0.25) is 0 Å². The third-order valence-corrected chi connectivity index (χ3v) is 0. The van der Waals surface area contributed by atoms with Crippen molar-refractivity contribution in [2.75, 3.05) is 0 Å². The zero-order valence-electron chi connectivity index (χ0n) is 1.71. The molecule has 0 amide bonds. The smallest absolute Gasteiger partial charge is 0.316 e. The largest absolute Gasteiger partial charge is 0.316 e. The van der Waals surface area contributed by atoms with Gasteiger partial charge in [0.1, 0.15) is 0 Å². The van der Waals surface area contributed by atoms with E-state index in [1.54, 1.807) is 0 Å². The van der Waals surface area contributed by atoms with Gasteiger partial charge in [-0.25, -0.2) is 0 Å². The van der Waals surface area contributed by atoms with E-state index >= 15 is 0 Å². The monoisotopic (exact) mass is 332 g/mol. The molecular weight excluding hydrogens is 334 g/mol. The Morgan fingerprint density at radius 2 is 1.00 bits per heavy atom. The first kappa shape index (κ1) is 10.8. The molecule has 0 radical (unpaired) electrons. The van der Waals surface area contributed by atoms with E-state index in [0.717, 1.165) is 0 Å². The second-order valence-electron chi connectivity index (χ2n) is 0.247. The van der Waals surface area contributed by atoms with Gasteiger partial charge in [0, 0.05) is 0 Å². The summed E-state index contributed by atoms with van der Waals surface area (Å²) in [4.78, 5) is 0. The summed E-state index contributed by atoms with van der Waals surface area (Å²) in [6.07, 6.45) is 0. The van der Waals surface area contributed by atoms with Crippen molar-refractivity contribution >= 4 is 74.0 Å². The van der Waals surface area contributed by atoms with Crippen LogP contribution in [0.3, 0.4) is 0 Å². The Morgan fingerprint density at radius 3 is 1.00 bits per heavy atom. The summed E-state index contributed by atoms with van der Waals surface area (Å²) in [5.74, 6) is 0. The maximum Gasteiger partial charge on any atom is 0.316 e. The molecule has 0 aromatic carbocycles. The molecule has 0 nitrogen and oxygen atoms in total. The molecule has 0 atom stereocenters. The van der Waals surface area contributed by atoms with Crippen molar-refractivity contribution in [3.05, 3.63) is 0 Å². The first-order valence-corrected chi connectivity index (χ1v) is 17.7. The van der Waals surface area contributed by atoms with E-state index in [0.29, 0.717) is 0 Å². The van der Waals surface area contributed by atoms with Crippen molar-refractivity contribution in [3.8, 4) is 0 Å². The second kappa shape index (κ2) is 6.84. The van der Waals surface area contributed by atoms with Crippen LogP contribution in [-0.2, 0) is 0 Å². The van der Waals surface area contributed by atoms with E-state index in [9.17, 15) is 0 Å². The molecule has 0 aromatic rings. The zero-order valence-corrected chi connectivity index (χ0v) is 8.89. The second-order valence-corrected chi connectivity index (χ2v) is 34.7. The van der Waals surface area contributed by atoms with Crippen molar-refractivity contribution in [2.45, 2.75) is 0 Å². The minimum Gasteiger partial charge on any atom is 0.316 e. The average Bonchev–Trinajstić information content (AvgIpc) is 0.811. The Balaban J connectivity index is 0. The minimum atomic E-state index is -1.04. The van der Waals surface area contributed by atoms with Crippen molar-refractivity contribution in [1.29, 1.82) is 0 Å². The van der Waals surface area contributed by atoms with Gasteiger partial charge in [0.2, 0.25) is 0 Å². The van der Waals surface area contributed by atoms with Gasteiger partial charge >= 0.3 is 74.0 Å². The molecule has 0 fully saturated rings. The summed E-state index contributed by atoms with van der Waals surface area (Å²) in [5.41, 5.74) is 0. The van der Waals surface area contributed by atoms with E-state index < -0.39 is 10.3 Å². The normalized spacial score (nSPS) is 5.40. The molecule has 0 bridgehead atoms. The van der Waals surface area contributed by atoms with Gasteiger partial charge in [0.25, 0.3) is 0 Å². The van der Waals surface area contributed by atoms with Gasteiger partial charge in [0.15, 0.2) is 0 Å². The fraction of sp³-hybridized carbons (Fsp3) is 0. The Hall–Kier alpha value is 2.84. The molecule has 0 aliphatic carbocycles. The molecular formula is H2Br3GaMg. The Labute approximate surface area is 72.6 Å². The minimum absolute atomic E-state index is 0. The van der Waals surface area contributed by atoms with Crippen molar-refractivity contribution in [2.24, 2.45) is 0 Å². The molecule has 0 N–H and O–H groups in total. The van der Waals surface area contributed by atoms with Gasteiger partial charge in [-0.2, -0.15) is 0 Å². The van der Waals surface area contributed by atoms with Crippen LogP contribution in [0.4, 0.5) is 0 Å². The summed E-state index contributed by atoms with van der Waals surface area (Å²) in [6, 6.07) is 0. The number of hydrogen-bond donors (Lipinski definition) is 0. The van der Waals surface area contributed by atoms with Crippen LogP contribution in [0.15, 0.2) is 0 Å². The fourth-order valence-electron chi connectivity index (χ4n) is 0. The summed E-state index contributed by atoms with van der Waals surface area (Å²) in [5, 5.41) is 0. The van der Waals surface area contributed by atoms with E-state index in [4.69, 9.17) is 0 Å². The SMILES string of the molecule is [Br][Ga]([Br])[Br].[MgH2]. The van der Waals surface area contributed by atoms with Crippen molar-refractivity contribution in [1.82, 2.24) is 0 Å². The van der Waals surface area contributed by atoms with Gasteiger partial charge < -0.3 is 0 Å². The topological polar surface area (TPSA) is 0 Å². The van der Waals surface area contributed by atoms with Gasteiger partial charge in [-0.15, -0.1) is 0 Å². The first-order valence-electron chi connectivity index (χ1n) is 0.655. The molecule has 0 saturated heterocycles. The van der Waals surface area contributed by atoms with Crippen molar-refractivity contribution < 1.29 is 0 Å². The molecule has 5 heavy (non-hydrogen) atoms. The molecule has 0 aliphatic heterocycles. The molecule has 5 heteroatoms. The maximum absolute atomic E-state index is 3.29. The van der Waals surface area contributed by atoms with E-state index in [1.165, 1.54) is 0 Å². The summed E-state index contributed by atoms with van der Waals surface area (Å²) in [7, 11) is -1.04. The maximum atomic E-state index is 3.29. The van der Waals surface area contributed by atoms with Crippen LogP contribution >= 0.6 is 40.7 Å². The van der Waals surface area contributed by atoms with Crippen LogP contribution < -0.4 is 0 Å². The van der Waals surface area contributed by atoms with Gasteiger partial charge in [-0.05, 0) is 0 Å². The number of halogens is 3. The zero-order chi connectivity index (χ0) is 3.58. The van der Waals surface area contributed by atoms with Crippen LogP contribution in [0, 0.1) is 0 Å². The van der Waals surface area contributed by atoms with E-state index in [-0.39, 0.29) is 23.1 Å². The van der Waals surface area contributed by atoms with Crippen LogP contribution in [-0.4, -0.2) is 33.3 Å². The van der Waals surface area contributed by atoms with Crippen LogP contribution in [0.5, 0.6) is 0 Å². The molecule has 0 heterocycles. The molecule has 0 rings (SSSR count). The third kappa shape index (κ3) is 19.9. The van der Waals surface area contributed by atoms with Crippen LogP contribution in [0.25, 0.3) is 0 Å². The molecule has 0 spiro atoms. The molecule has 0 unspecified atom stereocenters. The van der Waals surface area contributed by atoms with E-state index in [2.05, 4.69) is 40.7 Å². The molecule has 0 saturated carbocycles. The van der Waals surface area contributed by atoms with Crippen LogP contribution in [0.1, 0.15) is 0 Å². The summed E-state index contributed by atoms with van der Waals surface area (Å²) in [6.45, 7) is 0. The van der Waals surface area contributed by atoms with Crippen molar-refractivity contribution in [3.63, 3.8) is 0 Å². The quantitative estimate of drug-likeness (QED) is 0.584.